The molecule has 0 N–H and O–H groups in total. The van der Waals surface area contributed by atoms with E-state index in [0.29, 0.717) is 4.91 Å². The molecule has 2 aromatic carbocycles. The zero-order chi connectivity index (χ0) is 21.2. The Morgan fingerprint density at radius 2 is 1.69 bits per heavy atom. The van der Waals surface area contributed by atoms with Gasteiger partial charge >= 0.3 is 0 Å². The predicted octanol–water partition coefficient (Wildman–Crippen LogP) is 7.20. The Balaban J connectivity index is 2.13. The SMILES string of the molecule is C=C(/C=C\C(=C)/C(C)=C/c1ccc(C#Cc2ccc(CC)cc2)cc1C)SC#N. The number of nitriles is 1. The summed E-state index contributed by atoms with van der Waals surface area (Å²) in [4.78, 5) is 0.699. The summed E-state index contributed by atoms with van der Waals surface area (Å²) >= 11 is 1.05. The molecule has 0 unspecified atom stereocenters. The average molecular weight is 396 g/mol. The zero-order valence-corrected chi connectivity index (χ0v) is 18.1. The van der Waals surface area contributed by atoms with Gasteiger partial charge in [0, 0.05) is 16.0 Å². The van der Waals surface area contributed by atoms with E-state index in [1.165, 1.54) is 11.1 Å². The molecule has 0 saturated heterocycles. The number of allylic oxidation sites excluding steroid dienone is 4. The molecule has 0 heterocycles. The summed E-state index contributed by atoms with van der Waals surface area (Å²) < 4.78 is 0. The molecule has 0 spiro atoms. The lowest BCUT2D eigenvalue weighted by Gasteiger charge is -2.05. The molecule has 144 valence electrons. The third kappa shape index (κ3) is 7.04. The van der Waals surface area contributed by atoms with Gasteiger partial charge < -0.3 is 0 Å². The van der Waals surface area contributed by atoms with Crippen LogP contribution in [0.25, 0.3) is 6.08 Å². The van der Waals surface area contributed by atoms with Crippen molar-refractivity contribution in [1.29, 1.82) is 5.26 Å². The van der Waals surface area contributed by atoms with Crippen molar-refractivity contribution in [2.45, 2.75) is 27.2 Å². The highest BCUT2D eigenvalue weighted by atomic mass is 32.2. The van der Waals surface area contributed by atoms with Crippen molar-refractivity contribution < 1.29 is 0 Å². The fraction of sp³-hybridized carbons (Fsp3) is 0.148. The standard InChI is InChI=1S/C27H25NS/c1-6-24-9-11-25(12-10-24)13-14-26-15-16-27(22(4)17-26)18-21(3)20(2)7-8-23(5)29-19-28/h7-12,15-18H,2,5-6H2,1,3-4H3/b8-7-,21-18+. The third-order valence-corrected chi connectivity index (χ3v) is 5.00. The number of hydrogen-bond donors (Lipinski definition) is 0. The van der Waals surface area contributed by atoms with Gasteiger partial charge in [0.15, 0.2) is 0 Å². The van der Waals surface area contributed by atoms with Gasteiger partial charge in [0.1, 0.15) is 5.40 Å². The summed E-state index contributed by atoms with van der Waals surface area (Å²) in [5.41, 5.74) is 7.61. The molecule has 2 heteroatoms. The largest absolute Gasteiger partial charge is 0.185 e. The van der Waals surface area contributed by atoms with Crippen LogP contribution in [0.5, 0.6) is 0 Å². The van der Waals surface area contributed by atoms with Crippen molar-refractivity contribution in [2.75, 3.05) is 0 Å². The summed E-state index contributed by atoms with van der Waals surface area (Å²) in [5.74, 6) is 6.48. The van der Waals surface area contributed by atoms with E-state index in [-0.39, 0.29) is 0 Å². The van der Waals surface area contributed by atoms with Gasteiger partial charge in [-0.2, -0.15) is 5.26 Å². The molecular weight excluding hydrogens is 370 g/mol. The van der Waals surface area contributed by atoms with Crippen LogP contribution in [0.1, 0.15) is 41.7 Å². The Hall–Kier alpha value is -3.20. The molecule has 0 fully saturated rings. The Kier molecular flexibility index (Phi) is 8.35. The summed E-state index contributed by atoms with van der Waals surface area (Å²) in [5, 5.41) is 10.7. The van der Waals surface area contributed by atoms with Gasteiger partial charge in [0.05, 0.1) is 0 Å². The van der Waals surface area contributed by atoms with E-state index in [4.69, 9.17) is 5.26 Å². The summed E-state index contributed by atoms with van der Waals surface area (Å²) in [6, 6.07) is 14.6. The maximum atomic E-state index is 8.66. The van der Waals surface area contributed by atoms with E-state index < -0.39 is 0 Å². The van der Waals surface area contributed by atoms with Crippen molar-refractivity contribution in [1.82, 2.24) is 0 Å². The molecule has 0 radical (unpaired) electrons. The van der Waals surface area contributed by atoms with Crippen molar-refractivity contribution >= 4 is 17.8 Å². The maximum absolute atomic E-state index is 8.66. The van der Waals surface area contributed by atoms with Crippen LogP contribution in [-0.2, 0) is 6.42 Å². The van der Waals surface area contributed by atoms with E-state index >= 15 is 0 Å². The average Bonchev–Trinajstić information content (AvgIpc) is 2.72. The Labute approximate surface area is 179 Å². The van der Waals surface area contributed by atoms with Crippen LogP contribution >= 0.6 is 11.8 Å². The molecule has 2 aromatic rings. The van der Waals surface area contributed by atoms with Gasteiger partial charge in [-0.3, -0.25) is 0 Å². The zero-order valence-electron chi connectivity index (χ0n) is 17.3. The number of nitrogens with zero attached hydrogens (tertiary/aromatic N) is 1. The van der Waals surface area contributed by atoms with Crippen LogP contribution in [0, 0.1) is 29.4 Å². The van der Waals surface area contributed by atoms with Gasteiger partial charge in [-0.1, -0.05) is 62.3 Å². The second kappa shape index (κ2) is 11.0. The number of hydrogen-bond acceptors (Lipinski definition) is 2. The number of benzene rings is 2. The molecular formula is C27H25NS. The number of thiocyanates is 1. The molecule has 0 aliphatic heterocycles. The summed E-state index contributed by atoms with van der Waals surface area (Å²) in [7, 11) is 0. The van der Waals surface area contributed by atoms with Gasteiger partial charge in [0.2, 0.25) is 0 Å². The minimum Gasteiger partial charge on any atom is -0.185 e. The van der Waals surface area contributed by atoms with Crippen molar-refractivity contribution in [2.24, 2.45) is 0 Å². The second-order valence-corrected chi connectivity index (χ2v) is 7.63. The third-order valence-electron chi connectivity index (χ3n) is 4.51. The number of thioether (sulfide) groups is 1. The molecule has 29 heavy (non-hydrogen) atoms. The lowest BCUT2D eigenvalue weighted by Crippen LogP contribution is -1.86. The van der Waals surface area contributed by atoms with Gasteiger partial charge in [0.25, 0.3) is 0 Å². The van der Waals surface area contributed by atoms with E-state index in [1.807, 2.05) is 30.5 Å². The molecule has 0 atom stereocenters. The highest BCUT2D eigenvalue weighted by molar-refractivity contribution is 8.07. The Morgan fingerprint density at radius 1 is 1.03 bits per heavy atom. The second-order valence-electron chi connectivity index (χ2n) is 6.72. The normalized spacial score (nSPS) is 10.9. The summed E-state index contributed by atoms with van der Waals surface area (Å²) in [6.45, 7) is 14.2. The van der Waals surface area contributed by atoms with Crippen LogP contribution in [0.2, 0.25) is 0 Å². The highest BCUT2D eigenvalue weighted by Gasteiger charge is 2.00. The fourth-order valence-electron chi connectivity index (χ4n) is 2.63. The molecule has 0 bridgehead atoms. The van der Waals surface area contributed by atoms with Crippen LogP contribution in [0.4, 0.5) is 0 Å². The van der Waals surface area contributed by atoms with E-state index in [1.54, 1.807) is 0 Å². The van der Waals surface area contributed by atoms with Gasteiger partial charge in [-0.25, -0.2) is 0 Å². The molecule has 0 aliphatic carbocycles. The smallest absolute Gasteiger partial charge is 0.138 e. The Morgan fingerprint density at radius 3 is 2.31 bits per heavy atom. The van der Waals surface area contributed by atoms with Crippen LogP contribution in [0.3, 0.4) is 0 Å². The first-order valence-electron chi connectivity index (χ1n) is 9.45. The number of rotatable bonds is 6. The van der Waals surface area contributed by atoms with E-state index in [0.717, 1.165) is 46.0 Å². The quantitative estimate of drug-likeness (QED) is 0.293. The first-order valence-corrected chi connectivity index (χ1v) is 10.3. The van der Waals surface area contributed by atoms with Gasteiger partial charge in [-0.05, 0) is 90.2 Å². The lowest BCUT2D eigenvalue weighted by molar-refractivity contribution is 1.14. The first kappa shape index (κ1) is 22.1. The molecule has 2 rings (SSSR count). The molecule has 0 aliphatic rings. The lowest BCUT2D eigenvalue weighted by atomic mass is 10.00. The van der Waals surface area contributed by atoms with Crippen LogP contribution < -0.4 is 0 Å². The first-order chi connectivity index (χ1) is 13.9. The van der Waals surface area contributed by atoms with E-state index in [2.05, 4.69) is 81.3 Å². The van der Waals surface area contributed by atoms with E-state index in [9.17, 15) is 0 Å². The summed E-state index contributed by atoms with van der Waals surface area (Å²) in [6.07, 6.45) is 6.85. The highest BCUT2D eigenvalue weighted by Crippen LogP contribution is 2.20. The van der Waals surface area contributed by atoms with Crippen molar-refractivity contribution in [3.05, 3.63) is 112 Å². The molecule has 0 saturated carbocycles. The maximum Gasteiger partial charge on any atom is 0.138 e. The van der Waals surface area contributed by atoms with Gasteiger partial charge in [-0.15, -0.1) is 0 Å². The monoisotopic (exact) mass is 395 g/mol. The van der Waals surface area contributed by atoms with Crippen LogP contribution in [-0.4, -0.2) is 0 Å². The minimum absolute atomic E-state index is 0.699. The predicted molar refractivity (Wildman–Crippen MR) is 127 cm³/mol. The Bertz CT molecular complexity index is 1060. The molecule has 0 amide bonds. The fourth-order valence-corrected chi connectivity index (χ4v) is 2.88. The molecule has 0 aromatic heterocycles. The topological polar surface area (TPSA) is 23.8 Å². The number of aryl methyl sites for hydroxylation is 2. The van der Waals surface area contributed by atoms with Crippen molar-refractivity contribution in [3.8, 4) is 17.2 Å². The van der Waals surface area contributed by atoms with Crippen LogP contribution in [0.15, 0.2) is 83.8 Å². The minimum atomic E-state index is 0.699. The molecule has 1 nitrogen and oxygen atoms in total. The van der Waals surface area contributed by atoms with Crippen molar-refractivity contribution in [3.63, 3.8) is 0 Å².